The van der Waals surface area contributed by atoms with E-state index in [-0.39, 0.29) is 11.9 Å². The Morgan fingerprint density at radius 2 is 1.91 bits per heavy atom. The number of fused-ring (bicyclic) bond motifs is 1. The fraction of sp³-hybridized carbons (Fsp3) is 0.320. The molecule has 1 saturated heterocycles. The number of nitrogens with zero attached hydrogens (tertiary/aromatic N) is 2. The van der Waals surface area contributed by atoms with Crippen molar-refractivity contribution >= 4 is 17.6 Å². The first-order valence-corrected chi connectivity index (χ1v) is 11.6. The van der Waals surface area contributed by atoms with Gasteiger partial charge in [0, 0.05) is 73.5 Å². The second-order valence-corrected chi connectivity index (χ2v) is 8.42. The molecule has 176 valence electrons. The molecule has 0 aliphatic carbocycles. The molecule has 0 spiro atoms. The van der Waals surface area contributed by atoms with E-state index >= 15 is 0 Å². The highest BCUT2D eigenvalue weighted by molar-refractivity contribution is 5.97. The number of rotatable bonds is 6. The topological polar surface area (TPSA) is 111 Å². The third-order valence-corrected chi connectivity index (χ3v) is 6.13. The second-order valence-electron chi connectivity index (χ2n) is 8.42. The van der Waals surface area contributed by atoms with E-state index < -0.39 is 0 Å². The van der Waals surface area contributed by atoms with Crippen LogP contribution in [0.5, 0.6) is 0 Å². The monoisotopic (exact) mass is 460 g/mol. The standard InChI is InChI=1S/C25H28N6O3/c32-24-20-16-23(30-21(20)6-8-27-24)18-5-7-26-22(15-18)17-1-3-19(4-2-17)29-25(33)28-9-10-31-11-13-34-14-12-31/h1-5,7,15-16,30H,6,8-14H2,(H,27,32)(H2,28,29,33). The summed E-state index contributed by atoms with van der Waals surface area (Å²) in [7, 11) is 0. The molecule has 3 amide bonds. The van der Waals surface area contributed by atoms with Crippen LogP contribution in [0.15, 0.2) is 48.7 Å². The summed E-state index contributed by atoms with van der Waals surface area (Å²) in [5, 5.41) is 8.64. The lowest BCUT2D eigenvalue weighted by atomic mass is 10.1. The van der Waals surface area contributed by atoms with Gasteiger partial charge in [-0.05, 0) is 30.3 Å². The highest BCUT2D eigenvalue weighted by Crippen LogP contribution is 2.27. The molecule has 0 atom stereocenters. The number of urea groups is 1. The Bertz CT molecular complexity index is 1170. The van der Waals surface area contributed by atoms with Gasteiger partial charge < -0.3 is 25.7 Å². The van der Waals surface area contributed by atoms with Crippen molar-refractivity contribution in [3.05, 3.63) is 59.9 Å². The van der Waals surface area contributed by atoms with Crippen molar-refractivity contribution in [2.75, 3.05) is 51.3 Å². The van der Waals surface area contributed by atoms with Gasteiger partial charge in [0.25, 0.3) is 5.91 Å². The molecule has 9 nitrogen and oxygen atoms in total. The van der Waals surface area contributed by atoms with Gasteiger partial charge in [0.1, 0.15) is 0 Å². The molecule has 0 saturated carbocycles. The van der Waals surface area contributed by atoms with Crippen LogP contribution in [0.4, 0.5) is 10.5 Å². The molecule has 0 radical (unpaired) electrons. The van der Waals surface area contributed by atoms with Gasteiger partial charge in [-0.1, -0.05) is 12.1 Å². The number of hydrogen-bond acceptors (Lipinski definition) is 5. The predicted octanol–water partition coefficient (Wildman–Crippen LogP) is 2.48. The summed E-state index contributed by atoms with van der Waals surface area (Å²) < 4.78 is 5.34. The van der Waals surface area contributed by atoms with E-state index in [1.165, 1.54) is 0 Å². The summed E-state index contributed by atoms with van der Waals surface area (Å²) in [6, 6.07) is 13.2. The molecule has 34 heavy (non-hydrogen) atoms. The number of hydrogen-bond donors (Lipinski definition) is 4. The zero-order valence-electron chi connectivity index (χ0n) is 18.9. The molecule has 2 aliphatic rings. The Morgan fingerprint density at radius 1 is 1.09 bits per heavy atom. The van der Waals surface area contributed by atoms with Crippen LogP contribution in [0.2, 0.25) is 0 Å². The molecular weight excluding hydrogens is 432 g/mol. The maximum atomic E-state index is 12.2. The molecule has 3 aromatic rings. The fourth-order valence-electron chi connectivity index (χ4n) is 4.26. The van der Waals surface area contributed by atoms with E-state index in [0.717, 1.165) is 67.5 Å². The van der Waals surface area contributed by atoms with Crippen molar-refractivity contribution in [3.63, 3.8) is 0 Å². The van der Waals surface area contributed by atoms with Crippen LogP contribution in [-0.2, 0) is 11.2 Å². The van der Waals surface area contributed by atoms with Gasteiger partial charge in [-0.3, -0.25) is 14.7 Å². The number of carbonyl (C=O) groups is 2. The normalized spacial score (nSPS) is 15.9. The first-order valence-electron chi connectivity index (χ1n) is 11.6. The first kappa shape index (κ1) is 22.1. The van der Waals surface area contributed by atoms with E-state index in [2.05, 4.69) is 30.8 Å². The number of H-pyrrole nitrogens is 1. The van der Waals surface area contributed by atoms with Crippen molar-refractivity contribution in [1.29, 1.82) is 0 Å². The third kappa shape index (κ3) is 5.11. The maximum Gasteiger partial charge on any atom is 0.319 e. The molecule has 2 aliphatic heterocycles. The van der Waals surface area contributed by atoms with E-state index in [9.17, 15) is 9.59 Å². The zero-order valence-corrected chi connectivity index (χ0v) is 18.9. The van der Waals surface area contributed by atoms with Gasteiger partial charge in [0.15, 0.2) is 0 Å². The number of carbonyl (C=O) groups excluding carboxylic acids is 2. The molecular formula is C25H28N6O3. The van der Waals surface area contributed by atoms with E-state index in [4.69, 9.17) is 4.74 Å². The lowest BCUT2D eigenvalue weighted by molar-refractivity contribution is 0.0388. The van der Waals surface area contributed by atoms with Crippen LogP contribution >= 0.6 is 0 Å². The molecule has 4 heterocycles. The van der Waals surface area contributed by atoms with Crippen LogP contribution in [0.25, 0.3) is 22.5 Å². The molecule has 9 heteroatoms. The lowest BCUT2D eigenvalue weighted by Crippen LogP contribution is -2.42. The van der Waals surface area contributed by atoms with Gasteiger partial charge in [0.05, 0.1) is 24.5 Å². The fourth-order valence-corrected chi connectivity index (χ4v) is 4.26. The Kier molecular flexibility index (Phi) is 6.55. The average molecular weight is 461 g/mol. The highest BCUT2D eigenvalue weighted by Gasteiger charge is 2.20. The summed E-state index contributed by atoms with van der Waals surface area (Å²) in [4.78, 5) is 34.4. The number of benzene rings is 1. The predicted molar refractivity (Wildman–Crippen MR) is 130 cm³/mol. The number of nitrogens with one attached hydrogen (secondary N) is 4. The average Bonchev–Trinajstić information content (AvgIpc) is 3.31. The van der Waals surface area contributed by atoms with Crippen LogP contribution in [0, 0.1) is 0 Å². The smallest absolute Gasteiger partial charge is 0.319 e. The molecule has 2 aromatic heterocycles. The van der Waals surface area contributed by atoms with Crippen LogP contribution in [-0.4, -0.2) is 72.7 Å². The number of amides is 3. The first-order chi connectivity index (χ1) is 16.7. The quantitative estimate of drug-likeness (QED) is 0.452. The van der Waals surface area contributed by atoms with Gasteiger partial charge in [0.2, 0.25) is 0 Å². The van der Waals surface area contributed by atoms with Crippen LogP contribution < -0.4 is 16.0 Å². The highest BCUT2D eigenvalue weighted by atomic mass is 16.5. The molecule has 0 bridgehead atoms. The zero-order chi connectivity index (χ0) is 23.3. The SMILES string of the molecule is O=C(NCCN1CCOCC1)Nc1ccc(-c2cc(-c3cc4c([nH]3)CCNC4=O)ccn2)cc1. The van der Waals surface area contributed by atoms with Gasteiger partial charge in [-0.25, -0.2) is 4.79 Å². The van der Waals surface area contributed by atoms with Gasteiger partial charge >= 0.3 is 6.03 Å². The van der Waals surface area contributed by atoms with Crippen LogP contribution in [0.1, 0.15) is 16.1 Å². The van der Waals surface area contributed by atoms with Crippen molar-refractivity contribution in [1.82, 2.24) is 25.5 Å². The molecule has 1 aromatic carbocycles. The Hall–Kier alpha value is -3.69. The minimum absolute atomic E-state index is 0.0359. The largest absolute Gasteiger partial charge is 0.379 e. The molecule has 5 rings (SSSR count). The van der Waals surface area contributed by atoms with Crippen molar-refractivity contribution in [2.24, 2.45) is 0 Å². The number of ether oxygens (including phenoxy) is 1. The van der Waals surface area contributed by atoms with Gasteiger partial charge in [-0.2, -0.15) is 0 Å². The number of morpholine rings is 1. The van der Waals surface area contributed by atoms with Crippen LogP contribution in [0.3, 0.4) is 0 Å². The number of pyridine rings is 1. The number of aromatic nitrogens is 2. The Morgan fingerprint density at radius 3 is 2.71 bits per heavy atom. The number of aromatic amines is 1. The summed E-state index contributed by atoms with van der Waals surface area (Å²) in [6.07, 6.45) is 2.56. The summed E-state index contributed by atoms with van der Waals surface area (Å²) >= 11 is 0. The summed E-state index contributed by atoms with van der Waals surface area (Å²) in [5.74, 6) is -0.0359. The Labute approximate surface area is 197 Å². The molecule has 0 unspecified atom stereocenters. The minimum Gasteiger partial charge on any atom is -0.379 e. The third-order valence-electron chi connectivity index (χ3n) is 6.13. The Balaban J connectivity index is 1.20. The summed E-state index contributed by atoms with van der Waals surface area (Å²) in [5.41, 5.74) is 6.01. The van der Waals surface area contributed by atoms with Crippen molar-refractivity contribution in [2.45, 2.75) is 6.42 Å². The lowest BCUT2D eigenvalue weighted by Gasteiger charge is -2.26. The maximum absolute atomic E-state index is 12.2. The van der Waals surface area contributed by atoms with E-state index in [1.54, 1.807) is 6.20 Å². The van der Waals surface area contributed by atoms with E-state index in [1.807, 2.05) is 42.5 Å². The number of anilines is 1. The van der Waals surface area contributed by atoms with E-state index in [0.29, 0.717) is 24.3 Å². The molecule has 1 fully saturated rings. The molecule has 4 N–H and O–H groups in total. The van der Waals surface area contributed by atoms with Crippen molar-refractivity contribution in [3.8, 4) is 22.5 Å². The summed E-state index contributed by atoms with van der Waals surface area (Å²) in [6.45, 7) is 5.36. The second kappa shape index (κ2) is 10.1. The van der Waals surface area contributed by atoms with Crippen molar-refractivity contribution < 1.29 is 14.3 Å². The minimum atomic E-state index is -0.221. The van der Waals surface area contributed by atoms with Gasteiger partial charge in [-0.15, -0.1) is 0 Å².